The maximum atomic E-state index is 4.46. The second-order valence-corrected chi connectivity index (χ2v) is 6.66. The Hall–Kier alpha value is -0.870. The lowest BCUT2D eigenvalue weighted by Crippen LogP contribution is -2.37. The minimum absolute atomic E-state index is 0.232. The smallest absolute Gasteiger partial charge is 0.0628 e. The summed E-state index contributed by atoms with van der Waals surface area (Å²) in [5.74, 6) is 0. The molecule has 1 rings (SSSR count). The van der Waals surface area contributed by atoms with Crippen molar-refractivity contribution in [3.63, 3.8) is 0 Å². The molecule has 1 heterocycles. The topological polar surface area (TPSA) is 41.9 Å². The van der Waals surface area contributed by atoms with E-state index in [0.717, 1.165) is 26.1 Å². The average Bonchev–Trinajstić information content (AvgIpc) is 2.57. The van der Waals surface area contributed by atoms with Crippen LogP contribution in [-0.4, -0.2) is 35.0 Å². The largest absolute Gasteiger partial charge is 0.317 e. The highest BCUT2D eigenvalue weighted by atomic mass is 15.3. The van der Waals surface area contributed by atoms with Gasteiger partial charge in [0.15, 0.2) is 0 Å². The maximum Gasteiger partial charge on any atom is 0.0628 e. The Kier molecular flexibility index (Phi) is 6.69. The van der Waals surface area contributed by atoms with Crippen molar-refractivity contribution in [1.29, 1.82) is 0 Å². The van der Waals surface area contributed by atoms with Gasteiger partial charge in [0.2, 0.25) is 0 Å². The number of hydrogen-bond acceptors (Lipinski definition) is 3. The molecule has 4 nitrogen and oxygen atoms in total. The van der Waals surface area contributed by atoms with Crippen LogP contribution in [0, 0.1) is 13.8 Å². The van der Waals surface area contributed by atoms with E-state index < -0.39 is 0 Å². The zero-order valence-corrected chi connectivity index (χ0v) is 14.1. The number of nitrogens with one attached hydrogen (secondary N) is 2. The van der Waals surface area contributed by atoms with Crippen molar-refractivity contribution in [2.24, 2.45) is 7.05 Å². The van der Waals surface area contributed by atoms with Crippen molar-refractivity contribution in [3.05, 3.63) is 17.0 Å². The second-order valence-electron chi connectivity index (χ2n) is 6.66. The molecule has 4 heteroatoms. The van der Waals surface area contributed by atoms with Crippen LogP contribution in [0.25, 0.3) is 0 Å². The van der Waals surface area contributed by atoms with Crippen molar-refractivity contribution >= 4 is 0 Å². The van der Waals surface area contributed by atoms with E-state index in [2.05, 4.69) is 50.4 Å². The standard InChI is InChI=1S/C16H32N4/c1-13-15(14(2)20(6)19-13)9-7-10-17-11-8-12-18-16(3,4)5/h17-18H,7-12H2,1-6H3. The summed E-state index contributed by atoms with van der Waals surface area (Å²) >= 11 is 0. The molecule has 0 spiro atoms. The van der Waals surface area contributed by atoms with Gasteiger partial charge in [0.05, 0.1) is 5.69 Å². The van der Waals surface area contributed by atoms with Crippen LogP contribution >= 0.6 is 0 Å². The molecule has 0 atom stereocenters. The van der Waals surface area contributed by atoms with Crippen LogP contribution < -0.4 is 10.6 Å². The molecule has 20 heavy (non-hydrogen) atoms. The van der Waals surface area contributed by atoms with Crippen LogP contribution in [0.5, 0.6) is 0 Å². The SMILES string of the molecule is Cc1nn(C)c(C)c1CCCNCCCNC(C)(C)C. The number of hydrogen-bond donors (Lipinski definition) is 2. The third kappa shape index (κ3) is 6.06. The van der Waals surface area contributed by atoms with Crippen LogP contribution in [0.2, 0.25) is 0 Å². The van der Waals surface area contributed by atoms with E-state index >= 15 is 0 Å². The molecule has 0 saturated carbocycles. The Morgan fingerprint density at radius 2 is 1.70 bits per heavy atom. The van der Waals surface area contributed by atoms with Crippen molar-refractivity contribution in [3.8, 4) is 0 Å². The van der Waals surface area contributed by atoms with Crippen molar-refractivity contribution in [1.82, 2.24) is 20.4 Å². The van der Waals surface area contributed by atoms with Gasteiger partial charge in [-0.1, -0.05) is 0 Å². The quantitative estimate of drug-likeness (QED) is 0.718. The Morgan fingerprint density at radius 1 is 1.05 bits per heavy atom. The monoisotopic (exact) mass is 280 g/mol. The van der Waals surface area contributed by atoms with Gasteiger partial charge in [-0.05, 0) is 79.1 Å². The first-order chi connectivity index (χ1) is 9.31. The van der Waals surface area contributed by atoms with Gasteiger partial charge in [0, 0.05) is 18.3 Å². The molecular formula is C16H32N4. The molecule has 0 unspecified atom stereocenters. The summed E-state index contributed by atoms with van der Waals surface area (Å²) in [6.45, 7) is 14.1. The van der Waals surface area contributed by atoms with E-state index in [4.69, 9.17) is 0 Å². The number of rotatable bonds is 8. The fourth-order valence-corrected chi connectivity index (χ4v) is 2.37. The molecule has 0 amide bonds. The van der Waals surface area contributed by atoms with Crippen LogP contribution in [0.15, 0.2) is 0 Å². The number of nitrogens with zero attached hydrogens (tertiary/aromatic N) is 2. The lowest BCUT2D eigenvalue weighted by Gasteiger charge is -2.20. The highest BCUT2D eigenvalue weighted by molar-refractivity contribution is 5.24. The Balaban J connectivity index is 2.08. The van der Waals surface area contributed by atoms with Crippen molar-refractivity contribution in [2.45, 2.75) is 59.4 Å². The first kappa shape index (κ1) is 17.2. The van der Waals surface area contributed by atoms with E-state index in [1.54, 1.807) is 0 Å². The molecule has 0 bridgehead atoms. The van der Waals surface area contributed by atoms with E-state index in [1.165, 1.54) is 29.8 Å². The summed E-state index contributed by atoms with van der Waals surface area (Å²) in [7, 11) is 2.02. The molecule has 0 fully saturated rings. The van der Waals surface area contributed by atoms with Crippen molar-refractivity contribution < 1.29 is 0 Å². The fourth-order valence-electron chi connectivity index (χ4n) is 2.37. The molecule has 0 radical (unpaired) electrons. The van der Waals surface area contributed by atoms with Gasteiger partial charge in [-0.15, -0.1) is 0 Å². The molecule has 0 aliphatic carbocycles. The van der Waals surface area contributed by atoms with Gasteiger partial charge in [-0.25, -0.2) is 0 Å². The fraction of sp³-hybridized carbons (Fsp3) is 0.812. The molecular weight excluding hydrogens is 248 g/mol. The highest BCUT2D eigenvalue weighted by Crippen LogP contribution is 2.13. The van der Waals surface area contributed by atoms with Crippen molar-refractivity contribution in [2.75, 3.05) is 19.6 Å². The average molecular weight is 280 g/mol. The van der Waals surface area contributed by atoms with Crippen LogP contribution in [0.1, 0.15) is 50.6 Å². The van der Waals surface area contributed by atoms with Crippen LogP contribution in [-0.2, 0) is 13.5 Å². The molecule has 0 saturated heterocycles. The third-order valence-corrected chi connectivity index (χ3v) is 3.62. The predicted molar refractivity (Wildman–Crippen MR) is 86.2 cm³/mol. The Labute approximate surface area is 124 Å². The summed E-state index contributed by atoms with van der Waals surface area (Å²) in [5, 5.41) is 11.5. The molecule has 0 aliphatic heterocycles. The van der Waals surface area contributed by atoms with E-state index in [0.29, 0.717) is 0 Å². The highest BCUT2D eigenvalue weighted by Gasteiger charge is 2.08. The van der Waals surface area contributed by atoms with E-state index in [9.17, 15) is 0 Å². The molecule has 116 valence electrons. The molecule has 1 aromatic heterocycles. The summed E-state index contributed by atoms with van der Waals surface area (Å²) in [5.41, 5.74) is 4.13. The summed E-state index contributed by atoms with van der Waals surface area (Å²) in [6.07, 6.45) is 3.49. The number of aromatic nitrogens is 2. The molecule has 0 aliphatic rings. The summed E-state index contributed by atoms with van der Waals surface area (Å²) in [6, 6.07) is 0. The first-order valence-electron chi connectivity index (χ1n) is 7.76. The van der Waals surface area contributed by atoms with Gasteiger partial charge >= 0.3 is 0 Å². The molecule has 0 aromatic carbocycles. The lowest BCUT2D eigenvalue weighted by atomic mass is 10.1. The minimum atomic E-state index is 0.232. The number of aryl methyl sites for hydroxylation is 2. The lowest BCUT2D eigenvalue weighted by molar-refractivity contribution is 0.418. The van der Waals surface area contributed by atoms with E-state index in [1.807, 2.05) is 11.7 Å². The predicted octanol–water partition coefficient (Wildman–Crippen LogP) is 2.34. The minimum Gasteiger partial charge on any atom is -0.317 e. The van der Waals surface area contributed by atoms with Gasteiger partial charge in [0.1, 0.15) is 0 Å². The van der Waals surface area contributed by atoms with Gasteiger partial charge < -0.3 is 10.6 Å². The summed E-state index contributed by atoms with van der Waals surface area (Å²) < 4.78 is 1.98. The Bertz CT molecular complexity index is 401. The normalized spacial score (nSPS) is 12.1. The molecule has 1 aromatic rings. The summed E-state index contributed by atoms with van der Waals surface area (Å²) in [4.78, 5) is 0. The zero-order chi connectivity index (χ0) is 15.2. The van der Waals surface area contributed by atoms with Crippen LogP contribution in [0.4, 0.5) is 0 Å². The van der Waals surface area contributed by atoms with Crippen LogP contribution in [0.3, 0.4) is 0 Å². The van der Waals surface area contributed by atoms with Gasteiger partial charge in [-0.3, -0.25) is 4.68 Å². The molecule has 2 N–H and O–H groups in total. The second kappa shape index (κ2) is 7.79. The van der Waals surface area contributed by atoms with Gasteiger partial charge in [-0.2, -0.15) is 5.10 Å². The van der Waals surface area contributed by atoms with E-state index in [-0.39, 0.29) is 5.54 Å². The third-order valence-electron chi connectivity index (χ3n) is 3.62. The van der Waals surface area contributed by atoms with Gasteiger partial charge in [0.25, 0.3) is 0 Å². The zero-order valence-electron chi connectivity index (χ0n) is 14.1. The Morgan fingerprint density at radius 3 is 2.25 bits per heavy atom. The first-order valence-corrected chi connectivity index (χ1v) is 7.76. The maximum absolute atomic E-state index is 4.46.